The zero-order chi connectivity index (χ0) is 13.8. The molecule has 0 radical (unpaired) electrons. The van der Waals surface area contributed by atoms with Crippen LogP contribution in [0.25, 0.3) is 0 Å². The molecule has 0 atom stereocenters. The van der Waals surface area contributed by atoms with Crippen LogP contribution in [0.15, 0.2) is 32.3 Å². The van der Waals surface area contributed by atoms with Gasteiger partial charge in [-0.3, -0.25) is 0 Å². The van der Waals surface area contributed by atoms with Crippen molar-refractivity contribution >= 4 is 41.0 Å². The minimum Gasteiger partial charge on any atom is -0.478 e. The molecule has 1 heterocycles. The molecule has 0 saturated heterocycles. The Morgan fingerprint density at radius 2 is 2.16 bits per heavy atom. The Labute approximate surface area is 123 Å². The number of carboxylic acids is 1. The summed E-state index contributed by atoms with van der Waals surface area (Å²) in [5, 5.41) is 9.35. The number of aryl methyl sites for hydroxylation is 1. The van der Waals surface area contributed by atoms with E-state index in [-0.39, 0.29) is 0 Å². The fraction of sp³-hybridized carbons (Fsp3) is 0.250. The van der Waals surface area contributed by atoms with Crippen LogP contribution in [0.2, 0.25) is 0 Å². The Bertz CT molecular complexity index is 598. The maximum Gasteiger partial charge on any atom is 0.337 e. The van der Waals surface area contributed by atoms with Gasteiger partial charge in [-0.25, -0.2) is 9.78 Å². The van der Waals surface area contributed by atoms with Gasteiger partial charge in [-0.05, 0) is 29.9 Å². The molecule has 1 aromatic carbocycles. The predicted octanol–water partition coefficient (Wildman–Crippen LogP) is 3.67. The standard InChI is InChI=1S/C12H12N2O2S3/c1-3-9-13-12(19-14-9)18-8-6-4-5-7(17-2)10(8)11(15)16/h4-6H,3H2,1-2H3,(H,15,16). The smallest absolute Gasteiger partial charge is 0.337 e. The Morgan fingerprint density at radius 3 is 2.74 bits per heavy atom. The quantitative estimate of drug-likeness (QED) is 0.850. The first-order valence-electron chi connectivity index (χ1n) is 5.56. The number of aromatic carboxylic acids is 1. The highest BCUT2D eigenvalue weighted by Gasteiger charge is 2.17. The van der Waals surface area contributed by atoms with Gasteiger partial charge in [0.05, 0.1) is 5.56 Å². The molecule has 100 valence electrons. The maximum absolute atomic E-state index is 11.4. The third-order valence-corrected chi connectivity index (χ3v) is 5.01. The number of hydrogen-bond donors (Lipinski definition) is 1. The summed E-state index contributed by atoms with van der Waals surface area (Å²) in [5.74, 6) is -0.113. The van der Waals surface area contributed by atoms with E-state index < -0.39 is 5.97 Å². The highest BCUT2D eigenvalue weighted by Crippen LogP contribution is 2.35. The van der Waals surface area contributed by atoms with Crippen molar-refractivity contribution in [1.82, 2.24) is 9.36 Å². The number of hydrogen-bond acceptors (Lipinski definition) is 6. The number of benzene rings is 1. The van der Waals surface area contributed by atoms with E-state index in [0.29, 0.717) is 10.5 Å². The minimum absolute atomic E-state index is 0.341. The minimum atomic E-state index is -0.910. The van der Waals surface area contributed by atoms with Gasteiger partial charge in [0.25, 0.3) is 0 Å². The number of carbonyl (C=O) groups is 1. The lowest BCUT2D eigenvalue weighted by Crippen LogP contribution is -2.01. The molecule has 0 aliphatic heterocycles. The normalized spacial score (nSPS) is 10.6. The molecule has 0 amide bonds. The molecule has 1 aromatic heterocycles. The molecule has 7 heteroatoms. The van der Waals surface area contributed by atoms with Crippen LogP contribution in [-0.4, -0.2) is 26.7 Å². The summed E-state index contributed by atoms with van der Waals surface area (Å²) in [4.78, 5) is 17.2. The fourth-order valence-corrected chi connectivity index (χ4v) is 3.99. The monoisotopic (exact) mass is 312 g/mol. The Kier molecular flexibility index (Phi) is 4.84. The van der Waals surface area contributed by atoms with Crippen LogP contribution in [0.4, 0.5) is 0 Å². The Morgan fingerprint density at radius 1 is 1.42 bits per heavy atom. The number of thioether (sulfide) groups is 1. The second kappa shape index (κ2) is 6.40. The number of rotatable bonds is 5. The molecule has 0 aliphatic carbocycles. The fourth-order valence-electron chi connectivity index (χ4n) is 1.49. The lowest BCUT2D eigenvalue weighted by Gasteiger charge is -2.07. The predicted molar refractivity (Wildman–Crippen MR) is 78.6 cm³/mol. The van der Waals surface area contributed by atoms with E-state index in [1.165, 1.54) is 35.1 Å². The van der Waals surface area contributed by atoms with Crippen molar-refractivity contribution in [3.05, 3.63) is 29.6 Å². The summed E-state index contributed by atoms with van der Waals surface area (Å²) in [5.41, 5.74) is 0.341. The summed E-state index contributed by atoms with van der Waals surface area (Å²) >= 11 is 4.10. The van der Waals surface area contributed by atoms with Crippen LogP contribution in [0.1, 0.15) is 23.1 Å². The molecular formula is C12H12N2O2S3. The zero-order valence-electron chi connectivity index (χ0n) is 10.4. The van der Waals surface area contributed by atoms with Crippen LogP contribution in [0.5, 0.6) is 0 Å². The topological polar surface area (TPSA) is 63.1 Å². The van der Waals surface area contributed by atoms with E-state index in [1.54, 1.807) is 6.07 Å². The van der Waals surface area contributed by atoms with Gasteiger partial charge >= 0.3 is 5.97 Å². The van der Waals surface area contributed by atoms with E-state index in [9.17, 15) is 9.90 Å². The molecule has 0 aliphatic rings. The van der Waals surface area contributed by atoms with E-state index in [1.807, 2.05) is 25.3 Å². The van der Waals surface area contributed by atoms with Gasteiger partial charge in [0.15, 0.2) is 4.34 Å². The van der Waals surface area contributed by atoms with Crippen molar-refractivity contribution in [2.24, 2.45) is 0 Å². The average Bonchev–Trinajstić information content (AvgIpc) is 2.85. The summed E-state index contributed by atoms with van der Waals surface area (Å²) in [6, 6.07) is 5.49. The summed E-state index contributed by atoms with van der Waals surface area (Å²) in [7, 11) is 0. The zero-order valence-corrected chi connectivity index (χ0v) is 12.9. The Balaban J connectivity index is 2.36. The molecule has 19 heavy (non-hydrogen) atoms. The Hall–Kier alpha value is -1.05. The highest BCUT2D eigenvalue weighted by molar-refractivity contribution is 8.01. The van der Waals surface area contributed by atoms with Crippen molar-refractivity contribution in [2.75, 3.05) is 6.26 Å². The third kappa shape index (κ3) is 3.29. The van der Waals surface area contributed by atoms with E-state index in [4.69, 9.17) is 0 Å². The molecular weight excluding hydrogens is 300 g/mol. The first kappa shape index (κ1) is 14.4. The van der Waals surface area contributed by atoms with E-state index in [0.717, 1.165) is 21.5 Å². The van der Waals surface area contributed by atoms with Gasteiger partial charge < -0.3 is 5.11 Å². The van der Waals surface area contributed by atoms with Crippen LogP contribution in [0.3, 0.4) is 0 Å². The number of carboxylic acid groups (broad SMARTS) is 1. The molecule has 1 N–H and O–H groups in total. The van der Waals surface area contributed by atoms with Crippen LogP contribution in [-0.2, 0) is 6.42 Å². The number of aromatic nitrogens is 2. The second-order valence-corrected chi connectivity index (χ2v) is 6.46. The molecule has 0 bridgehead atoms. The summed E-state index contributed by atoms with van der Waals surface area (Å²) in [6.45, 7) is 1.99. The summed E-state index contributed by atoms with van der Waals surface area (Å²) in [6.07, 6.45) is 2.66. The SMILES string of the molecule is CCc1nsc(Sc2cccc(SC)c2C(=O)O)n1. The van der Waals surface area contributed by atoms with Crippen molar-refractivity contribution in [2.45, 2.75) is 27.5 Å². The maximum atomic E-state index is 11.4. The molecule has 2 rings (SSSR count). The largest absolute Gasteiger partial charge is 0.478 e. The van der Waals surface area contributed by atoms with E-state index >= 15 is 0 Å². The van der Waals surface area contributed by atoms with Crippen molar-refractivity contribution in [3.63, 3.8) is 0 Å². The van der Waals surface area contributed by atoms with Crippen LogP contribution >= 0.6 is 35.1 Å². The van der Waals surface area contributed by atoms with Crippen LogP contribution in [0, 0.1) is 0 Å². The molecule has 0 spiro atoms. The first-order chi connectivity index (χ1) is 9.15. The van der Waals surface area contributed by atoms with Crippen molar-refractivity contribution in [3.8, 4) is 0 Å². The van der Waals surface area contributed by atoms with Crippen LogP contribution < -0.4 is 0 Å². The molecule has 0 unspecified atom stereocenters. The molecule has 2 aromatic rings. The van der Waals surface area contributed by atoms with Crippen molar-refractivity contribution < 1.29 is 9.90 Å². The second-order valence-electron chi connectivity index (χ2n) is 3.57. The van der Waals surface area contributed by atoms with Gasteiger partial charge in [0.2, 0.25) is 0 Å². The van der Waals surface area contributed by atoms with Crippen molar-refractivity contribution in [1.29, 1.82) is 0 Å². The van der Waals surface area contributed by atoms with Gasteiger partial charge in [-0.2, -0.15) is 4.37 Å². The lowest BCUT2D eigenvalue weighted by atomic mass is 10.2. The van der Waals surface area contributed by atoms with Gasteiger partial charge in [-0.15, -0.1) is 11.8 Å². The molecule has 4 nitrogen and oxygen atoms in total. The number of nitrogens with zero attached hydrogens (tertiary/aromatic N) is 2. The van der Waals surface area contributed by atoms with Gasteiger partial charge in [0.1, 0.15) is 5.82 Å². The first-order valence-corrected chi connectivity index (χ1v) is 8.38. The third-order valence-electron chi connectivity index (χ3n) is 2.38. The van der Waals surface area contributed by atoms with E-state index in [2.05, 4.69) is 9.36 Å². The summed E-state index contributed by atoms with van der Waals surface area (Å²) < 4.78 is 4.98. The van der Waals surface area contributed by atoms with Gasteiger partial charge in [-0.1, -0.05) is 24.8 Å². The molecule has 0 saturated carbocycles. The lowest BCUT2D eigenvalue weighted by molar-refractivity contribution is 0.0689. The highest BCUT2D eigenvalue weighted by atomic mass is 32.2. The molecule has 0 fully saturated rings. The average molecular weight is 312 g/mol. The van der Waals surface area contributed by atoms with Gasteiger partial charge in [0, 0.05) is 16.2 Å².